The van der Waals surface area contributed by atoms with Gasteiger partial charge in [0, 0.05) is 6.26 Å². The molecule has 0 aliphatic heterocycles. The molecular formula is C10H15NO4S. The summed E-state index contributed by atoms with van der Waals surface area (Å²) in [6.45, 7) is 0.0378. The van der Waals surface area contributed by atoms with Gasteiger partial charge in [0.1, 0.15) is 12.4 Å². The van der Waals surface area contributed by atoms with Crippen molar-refractivity contribution in [2.75, 3.05) is 19.5 Å². The first kappa shape index (κ1) is 13.0. The van der Waals surface area contributed by atoms with E-state index in [1.165, 1.54) is 12.1 Å². The fraction of sp³-hybridized carbons (Fsp3) is 0.400. The topological polar surface area (TPSA) is 89.6 Å². The monoisotopic (exact) mass is 245 g/mol. The number of rotatable bonds is 5. The van der Waals surface area contributed by atoms with Gasteiger partial charge in [-0.05, 0) is 24.3 Å². The molecule has 1 aromatic carbocycles. The first-order valence-corrected chi connectivity index (χ1v) is 6.62. The van der Waals surface area contributed by atoms with Crippen molar-refractivity contribution >= 4 is 9.84 Å². The minimum Gasteiger partial charge on any atom is -0.492 e. The third-order valence-corrected chi connectivity index (χ3v) is 3.08. The van der Waals surface area contributed by atoms with Crippen LogP contribution in [0.25, 0.3) is 0 Å². The van der Waals surface area contributed by atoms with Crippen molar-refractivity contribution in [1.29, 1.82) is 0 Å². The van der Waals surface area contributed by atoms with Crippen molar-refractivity contribution in [2.45, 2.75) is 10.9 Å². The molecule has 0 heterocycles. The van der Waals surface area contributed by atoms with Gasteiger partial charge in [-0.2, -0.15) is 0 Å². The van der Waals surface area contributed by atoms with Gasteiger partial charge in [0.2, 0.25) is 0 Å². The van der Waals surface area contributed by atoms with Gasteiger partial charge in [0.05, 0.1) is 17.5 Å². The zero-order chi connectivity index (χ0) is 12.2. The quantitative estimate of drug-likeness (QED) is 0.749. The van der Waals surface area contributed by atoms with Crippen molar-refractivity contribution in [3.8, 4) is 5.75 Å². The molecule has 0 bridgehead atoms. The summed E-state index contributed by atoms with van der Waals surface area (Å²) in [5, 5.41) is 8.68. The molecule has 0 saturated heterocycles. The second-order valence-electron chi connectivity index (χ2n) is 3.50. The summed E-state index contributed by atoms with van der Waals surface area (Å²) in [4.78, 5) is 0.242. The fourth-order valence-electron chi connectivity index (χ4n) is 1.04. The highest BCUT2D eigenvalue weighted by molar-refractivity contribution is 7.90. The first-order valence-electron chi connectivity index (χ1n) is 4.73. The van der Waals surface area contributed by atoms with Gasteiger partial charge < -0.3 is 15.6 Å². The first-order chi connectivity index (χ1) is 7.43. The van der Waals surface area contributed by atoms with E-state index in [0.717, 1.165) is 6.26 Å². The molecule has 1 aromatic rings. The molecule has 0 spiro atoms. The Morgan fingerprint density at radius 3 is 2.38 bits per heavy atom. The average molecular weight is 245 g/mol. The van der Waals surface area contributed by atoms with Crippen LogP contribution in [-0.2, 0) is 9.84 Å². The smallest absolute Gasteiger partial charge is 0.175 e. The molecule has 1 rings (SSSR count). The highest BCUT2D eigenvalue weighted by Gasteiger charge is 2.07. The van der Waals surface area contributed by atoms with Crippen molar-refractivity contribution in [3.05, 3.63) is 24.3 Å². The summed E-state index contributed by atoms with van der Waals surface area (Å²) in [5.74, 6) is 0.524. The Kier molecular flexibility index (Phi) is 4.28. The van der Waals surface area contributed by atoms with Gasteiger partial charge in [-0.1, -0.05) is 0 Å². The molecule has 1 unspecified atom stereocenters. The molecule has 0 aromatic heterocycles. The molecule has 0 radical (unpaired) electrons. The van der Waals surface area contributed by atoms with Crippen LogP contribution in [0, 0.1) is 0 Å². The highest BCUT2D eigenvalue weighted by atomic mass is 32.2. The lowest BCUT2D eigenvalue weighted by Crippen LogP contribution is -2.31. The molecule has 0 amide bonds. The van der Waals surface area contributed by atoms with E-state index in [2.05, 4.69) is 0 Å². The second-order valence-corrected chi connectivity index (χ2v) is 5.51. The number of aliphatic hydroxyl groups excluding tert-OH is 1. The van der Waals surface area contributed by atoms with Gasteiger partial charge in [-0.25, -0.2) is 8.42 Å². The fourth-order valence-corrected chi connectivity index (χ4v) is 1.67. The van der Waals surface area contributed by atoms with Gasteiger partial charge in [0.15, 0.2) is 9.84 Å². The molecule has 0 fully saturated rings. The molecule has 5 nitrogen and oxygen atoms in total. The minimum absolute atomic E-state index is 0.151. The summed E-state index contributed by atoms with van der Waals surface area (Å²) in [5.41, 5.74) is 5.45. The molecule has 16 heavy (non-hydrogen) atoms. The largest absolute Gasteiger partial charge is 0.492 e. The number of sulfone groups is 1. The minimum atomic E-state index is -3.18. The molecule has 3 N–H and O–H groups in total. The molecule has 0 saturated carbocycles. The van der Waals surface area contributed by atoms with Crippen LogP contribution in [0.15, 0.2) is 29.2 Å². The number of aliphatic hydroxyl groups is 1. The van der Waals surface area contributed by atoms with Crippen LogP contribution >= 0.6 is 0 Å². The van der Waals surface area contributed by atoms with Crippen molar-refractivity contribution < 1.29 is 18.3 Å². The summed E-state index contributed by atoms with van der Waals surface area (Å²) >= 11 is 0. The Morgan fingerprint density at radius 2 is 1.94 bits per heavy atom. The summed E-state index contributed by atoms with van der Waals surface area (Å²) in [6, 6.07) is 5.61. The number of ether oxygens (including phenoxy) is 1. The van der Waals surface area contributed by atoms with Crippen LogP contribution in [0.2, 0.25) is 0 Å². The summed E-state index contributed by atoms with van der Waals surface area (Å²) in [6.07, 6.45) is 1.14. The van der Waals surface area contributed by atoms with Crippen LogP contribution in [0.4, 0.5) is 0 Å². The van der Waals surface area contributed by atoms with E-state index in [0.29, 0.717) is 5.75 Å². The third-order valence-electron chi connectivity index (χ3n) is 1.95. The molecular weight excluding hydrogens is 230 g/mol. The van der Waals surface area contributed by atoms with E-state index in [-0.39, 0.29) is 18.1 Å². The lowest BCUT2D eigenvalue weighted by atomic mass is 10.3. The van der Waals surface area contributed by atoms with E-state index < -0.39 is 15.9 Å². The van der Waals surface area contributed by atoms with E-state index in [9.17, 15) is 8.42 Å². The lowest BCUT2D eigenvalue weighted by molar-refractivity contribution is 0.206. The van der Waals surface area contributed by atoms with Crippen LogP contribution in [0.5, 0.6) is 5.75 Å². The van der Waals surface area contributed by atoms with E-state index in [1.807, 2.05) is 0 Å². The van der Waals surface area contributed by atoms with Gasteiger partial charge >= 0.3 is 0 Å². The Hall–Kier alpha value is -1.11. The molecule has 1 atom stereocenters. The predicted molar refractivity (Wildman–Crippen MR) is 60.1 cm³/mol. The van der Waals surface area contributed by atoms with Crippen molar-refractivity contribution in [3.63, 3.8) is 0 Å². The maximum atomic E-state index is 11.2. The number of nitrogens with two attached hydrogens (primary N) is 1. The van der Waals surface area contributed by atoms with Gasteiger partial charge in [0.25, 0.3) is 0 Å². The number of hydrogen-bond donors (Lipinski definition) is 2. The SMILES string of the molecule is CS(=O)(=O)c1ccc(OCC(N)CO)cc1. The normalized spacial score (nSPS) is 13.4. The summed E-state index contributed by atoms with van der Waals surface area (Å²) in [7, 11) is -3.18. The van der Waals surface area contributed by atoms with Crippen LogP contribution in [-0.4, -0.2) is 39.0 Å². The van der Waals surface area contributed by atoms with Crippen molar-refractivity contribution in [1.82, 2.24) is 0 Å². The summed E-state index contributed by atoms with van der Waals surface area (Å²) < 4.78 is 27.6. The number of hydrogen-bond acceptors (Lipinski definition) is 5. The highest BCUT2D eigenvalue weighted by Crippen LogP contribution is 2.15. The maximum Gasteiger partial charge on any atom is 0.175 e. The van der Waals surface area contributed by atoms with E-state index in [4.69, 9.17) is 15.6 Å². The van der Waals surface area contributed by atoms with Crippen LogP contribution < -0.4 is 10.5 Å². The molecule has 90 valence electrons. The van der Waals surface area contributed by atoms with Gasteiger partial charge in [-0.3, -0.25) is 0 Å². The Balaban J connectivity index is 2.66. The van der Waals surface area contributed by atoms with Crippen molar-refractivity contribution in [2.24, 2.45) is 5.73 Å². The standard InChI is InChI=1S/C10H15NO4S/c1-16(13,14)10-4-2-9(3-5-10)15-7-8(11)6-12/h2-5,8,12H,6-7,11H2,1H3. The molecule has 6 heteroatoms. The van der Waals surface area contributed by atoms with Crippen LogP contribution in [0.3, 0.4) is 0 Å². The molecule has 0 aliphatic carbocycles. The lowest BCUT2D eigenvalue weighted by Gasteiger charge is -2.10. The number of benzene rings is 1. The predicted octanol–water partition coefficient (Wildman–Crippen LogP) is -0.211. The average Bonchev–Trinajstić information content (AvgIpc) is 2.25. The zero-order valence-electron chi connectivity index (χ0n) is 8.96. The third kappa shape index (κ3) is 3.80. The Bertz CT molecular complexity index is 427. The maximum absolute atomic E-state index is 11.2. The Morgan fingerprint density at radius 1 is 1.38 bits per heavy atom. The second kappa shape index (κ2) is 5.29. The Labute approximate surface area is 94.8 Å². The van der Waals surface area contributed by atoms with Gasteiger partial charge in [-0.15, -0.1) is 0 Å². The molecule has 0 aliphatic rings. The zero-order valence-corrected chi connectivity index (χ0v) is 9.78. The van der Waals surface area contributed by atoms with Crippen LogP contribution in [0.1, 0.15) is 0 Å². The van der Waals surface area contributed by atoms with E-state index in [1.54, 1.807) is 12.1 Å². The van der Waals surface area contributed by atoms with E-state index >= 15 is 0 Å².